The Bertz CT molecular complexity index is 711. The average Bonchev–Trinajstić information content (AvgIpc) is 2.66. The number of nitrogens with one attached hydrogen (secondary N) is 2. The number of halogens is 1. The number of rotatable bonds is 5. The van der Waals surface area contributed by atoms with Gasteiger partial charge in [-0.25, -0.2) is 9.59 Å². The Morgan fingerprint density at radius 2 is 1.96 bits per heavy atom. The van der Waals surface area contributed by atoms with Crippen molar-refractivity contribution in [2.45, 2.75) is 51.5 Å². The van der Waals surface area contributed by atoms with Gasteiger partial charge in [-0.2, -0.15) is 0 Å². The van der Waals surface area contributed by atoms with E-state index < -0.39 is 6.04 Å². The number of esters is 1. The van der Waals surface area contributed by atoms with Crippen LogP contribution in [0.25, 0.3) is 0 Å². The molecule has 0 saturated heterocycles. The third-order valence-electron chi connectivity index (χ3n) is 5.12. The number of amides is 2. The van der Waals surface area contributed by atoms with Crippen LogP contribution in [-0.2, 0) is 9.53 Å². The van der Waals surface area contributed by atoms with Gasteiger partial charge in [0.15, 0.2) is 0 Å². The summed E-state index contributed by atoms with van der Waals surface area (Å²) in [7, 11) is 0. The number of hydrogen-bond acceptors (Lipinski definition) is 3. The number of urea groups is 1. The van der Waals surface area contributed by atoms with Crippen molar-refractivity contribution in [1.29, 1.82) is 0 Å². The van der Waals surface area contributed by atoms with Crippen molar-refractivity contribution in [2.24, 2.45) is 5.92 Å². The minimum absolute atomic E-state index is 0.337. The van der Waals surface area contributed by atoms with Crippen molar-refractivity contribution < 1.29 is 14.3 Å². The Morgan fingerprint density at radius 3 is 2.65 bits per heavy atom. The van der Waals surface area contributed by atoms with Crippen molar-refractivity contribution in [3.8, 4) is 0 Å². The minimum Gasteiger partial charge on any atom is -0.462 e. The molecule has 1 heterocycles. The lowest BCUT2D eigenvalue weighted by molar-refractivity contribution is -0.141. The van der Waals surface area contributed by atoms with Gasteiger partial charge in [0.1, 0.15) is 0 Å². The Hall–Kier alpha value is -2.01. The molecule has 0 spiro atoms. The Kier molecular flexibility index (Phi) is 6.20. The number of allylic oxidation sites excluding steroid dienone is 1. The molecule has 3 rings (SSSR count). The third-order valence-corrected chi connectivity index (χ3v) is 5.46. The van der Waals surface area contributed by atoms with E-state index >= 15 is 0 Å². The standard InChI is InChI=1S/C20H25ClN2O3/c1-2-16-17(19(24)26-12-13-8-4-3-5-9-13)18(23-20(25)22-16)14-10-6-7-11-15(14)21/h6-7,10-11,13,18H,2-5,8-9,12H2,1H3,(H2,22,23,25). The topological polar surface area (TPSA) is 67.4 Å². The first-order valence-electron chi connectivity index (χ1n) is 9.32. The van der Waals surface area contributed by atoms with Gasteiger partial charge in [0.2, 0.25) is 0 Å². The normalized spacial score (nSPS) is 21.2. The third kappa shape index (κ3) is 4.21. The van der Waals surface area contributed by atoms with Gasteiger partial charge >= 0.3 is 12.0 Å². The first-order chi connectivity index (χ1) is 12.6. The van der Waals surface area contributed by atoms with Gasteiger partial charge in [-0.3, -0.25) is 0 Å². The highest BCUT2D eigenvalue weighted by molar-refractivity contribution is 6.31. The van der Waals surface area contributed by atoms with E-state index in [9.17, 15) is 9.59 Å². The van der Waals surface area contributed by atoms with Crippen molar-refractivity contribution in [3.05, 3.63) is 46.1 Å². The van der Waals surface area contributed by atoms with E-state index in [1.165, 1.54) is 19.3 Å². The first-order valence-corrected chi connectivity index (χ1v) is 9.70. The van der Waals surface area contributed by atoms with E-state index in [0.29, 0.717) is 40.8 Å². The van der Waals surface area contributed by atoms with Crippen molar-refractivity contribution in [3.63, 3.8) is 0 Å². The molecule has 1 fully saturated rings. The molecule has 26 heavy (non-hydrogen) atoms. The van der Waals surface area contributed by atoms with Crippen molar-refractivity contribution in [1.82, 2.24) is 10.6 Å². The summed E-state index contributed by atoms with van der Waals surface area (Å²) in [5.41, 5.74) is 1.72. The summed E-state index contributed by atoms with van der Waals surface area (Å²) in [6.07, 6.45) is 6.41. The lowest BCUT2D eigenvalue weighted by Gasteiger charge is -2.30. The van der Waals surface area contributed by atoms with Gasteiger partial charge in [0.05, 0.1) is 18.2 Å². The zero-order valence-corrected chi connectivity index (χ0v) is 15.8. The molecule has 2 amide bonds. The maximum absolute atomic E-state index is 12.9. The van der Waals surface area contributed by atoms with E-state index in [0.717, 1.165) is 12.8 Å². The quantitative estimate of drug-likeness (QED) is 0.744. The summed E-state index contributed by atoms with van der Waals surface area (Å²) in [4.78, 5) is 24.9. The summed E-state index contributed by atoms with van der Waals surface area (Å²) >= 11 is 6.32. The first kappa shape index (κ1) is 18.8. The van der Waals surface area contributed by atoms with E-state index in [-0.39, 0.29) is 12.0 Å². The van der Waals surface area contributed by atoms with E-state index in [1.807, 2.05) is 25.1 Å². The zero-order chi connectivity index (χ0) is 18.5. The lowest BCUT2D eigenvalue weighted by Crippen LogP contribution is -2.46. The summed E-state index contributed by atoms with van der Waals surface area (Å²) in [5.74, 6) is 0.0492. The molecule has 1 aliphatic heterocycles. The van der Waals surface area contributed by atoms with Crippen molar-refractivity contribution in [2.75, 3.05) is 6.61 Å². The van der Waals surface area contributed by atoms with Crippen LogP contribution in [0.4, 0.5) is 4.79 Å². The molecule has 1 atom stereocenters. The molecule has 1 aliphatic carbocycles. The van der Waals surface area contributed by atoms with Crippen LogP contribution in [0.2, 0.25) is 5.02 Å². The summed E-state index contributed by atoms with van der Waals surface area (Å²) in [6, 6.07) is 6.29. The molecule has 0 radical (unpaired) electrons. The molecule has 1 aromatic rings. The maximum Gasteiger partial charge on any atom is 0.338 e. The van der Waals surface area contributed by atoms with Crippen LogP contribution >= 0.6 is 11.6 Å². The molecule has 1 saturated carbocycles. The molecule has 2 aliphatic rings. The molecule has 1 unspecified atom stereocenters. The smallest absolute Gasteiger partial charge is 0.338 e. The summed E-state index contributed by atoms with van der Waals surface area (Å²) < 4.78 is 5.65. The van der Waals surface area contributed by atoms with E-state index in [2.05, 4.69) is 10.6 Å². The molecule has 6 heteroatoms. The number of ether oxygens (including phenoxy) is 1. The molecule has 2 N–H and O–H groups in total. The van der Waals surface area contributed by atoms with Gasteiger partial charge in [-0.05, 0) is 36.8 Å². The van der Waals surface area contributed by atoms with Gasteiger partial charge in [0, 0.05) is 10.7 Å². The fourth-order valence-corrected chi connectivity index (χ4v) is 3.95. The van der Waals surface area contributed by atoms with Crippen LogP contribution in [-0.4, -0.2) is 18.6 Å². The van der Waals surface area contributed by atoms with E-state index in [1.54, 1.807) is 6.07 Å². The molecular formula is C20H25ClN2O3. The fraction of sp³-hybridized carbons (Fsp3) is 0.500. The predicted octanol–water partition coefficient (Wildman–Crippen LogP) is 4.48. The van der Waals surface area contributed by atoms with Crippen LogP contribution in [0.1, 0.15) is 57.1 Å². The molecule has 0 aromatic heterocycles. The number of carbonyl (C=O) groups is 2. The second-order valence-electron chi connectivity index (χ2n) is 6.90. The van der Waals surface area contributed by atoms with Gasteiger partial charge in [-0.1, -0.05) is 56.0 Å². The van der Waals surface area contributed by atoms with Crippen molar-refractivity contribution >= 4 is 23.6 Å². The summed E-state index contributed by atoms with van der Waals surface area (Å²) in [5, 5.41) is 6.06. The monoisotopic (exact) mass is 376 g/mol. The highest BCUT2D eigenvalue weighted by Gasteiger charge is 2.34. The van der Waals surface area contributed by atoms with Crippen LogP contribution in [0.15, 0.2) is 35.5 Å². The average molecular weight is 377 g/mol. The van der Waals surface area contributed by atoms with Crippen LogP contribution < -0.4 is 10.6 Å². The van der Waals surface area contributed by atoms with Gasteiger partial charge < -0.3 is 15.4 Å². The number of carbonyl (C=O) groups excluding carboxylic acids is 2. The minimum atomic E-state index is -0.605. The number of hydrogen-bond donors (Lipinski definition) is 2. The Labute approximate surface area is 159 Å². The highest BCUT2D eigenvalue weighted by Crippen LogP contribution is 2.33. The molecule has 5 nitrogen and oxygen atoms in total. The SMILES string of the molecule is CCC1=C(C(=O)OCC2CCCCC2)C(c2ccccc2Cl)NC(=O)N1. The molecular weight excluding hydrogens is 352 g/mol. The Morgan fingerprint density at radius 1 is 1.23 bits per heavy atom. The zero-order valence-electron chi connectivity index (χ0n) is 15.0. The van der Waals surface area contributed by atoms with Gasteiger partial charge in [-0.15, -0.1) is 0 Å². The van der Waals surface area contributed by atoms with Crippen LogP contribution in [0, 0.1) is 5.92 Å². The largest absolute Gasteiger partial charge is 0.462 e. The molecule has 1 aromatic carbocycles. The maximum atomic E-state index is 12.9. The van der Waals surface area contributed by atoms with Gasteiger partial charge in [0.25, 0.3) is 0 Å². The Balaban J connectivity index is 1.84. The predicted molar refractivity (Wildman–Crippen MR) is 101 cm³/mol. The van der Waals surface area contributed by atoms with Crippen LogP contribution in [0.5, 0.6) is 0 Å². The highest BCUT2D eigenvalue weighted by atomic mass is 35.5. The second-order valence-corrected chi connectivity index (χ2v) is 7.31. The lowest BCUT2D eigenvalue weighted by atomic mass is 9.90. The molecule has 0 bridgehead atoms. The van der Waals surface area contributed by atoms with E-state index in [4.69, 9.17) is 16.3 Å². The number of benzene rings is 1. The fourth-order valence-electron chi connectivity index (χ4n) is 3.71. The second kappa shape index (κ2) is 8.58. The molecule has 140 valence electrons. The van der Waals surface area contributed by atoms with Crippen LogP contribution in [0.3, 0.4) is 0 Å². The summed E-state index contributed by atoms with van der Waals surface area (Å²) in [6.45, 7) is 2.33.